The second-order valence-electron chi connectivity index (χ2n) is 5.07. The van der Waals surface area contributed by atoms with Crippen molar-refractivity contribution in [1.82, 2.24) is 24.6 Å². The summed E-state index contributed by atoms with van der Waals surface area (Å²) in [6.07, 6.45) is 3.79. The maximum absolute atomic E-state index is 4.47. The van der Waals surface area contributed by atoms with Crippen LogP contribution in [0, 0.1) is 0 Å². The molecule has 21 heavy (non-hydrogen) atoms. The quantitative estimate of drug-likeness (QED) is 0.756. The van der Waals surface area contributed by atoms with E-state index >= 15 is 0 Å². The van der Waals surface area contributed by atoms with Gasteiger partial charge in [-0.15, -0.1) is 0 Å². The molecule has 0 saturated heterocycles. The van der Waals surface area contributed by atoms with Gasteiger partial charge in [-0.25, -0.2) is 4.98 Å². The third kappa shape index (κ3) is 2.69. The number of hydrogen-bond donors (Lipinski definition) is 1. The number of hydrogen-bond acceptors (Lipinski definition) is 3. The lowest BCUT2D eigenvalue weighted by Crippen LogP contribution is -2.27. The molecule has 5 nitrogen and oxygen atoms in total. The Hall–Kier alpha value is -2.14. The molecule has 1 N–H and O–H groups in total. The first kappa shape index (κ1) is 13.8. The number of nitrogens with one attached hydrogen (secondary N) is 1. The van der Waals surface area contributed by atoms with Crippen LogP contribution in [0.25, 0.3) is 11.0 Å². The van der Waals surface area contributed by atoms with E-state index in [2.05, 4.69) is 52.0 Å². The average molecular weight is 283 g/mol. The number of aryl methyl sites for hydroxylation is 1. The van der Waals surface area contributed by atoms with Crippen molar-refractivity contribution in [1.29, 1.82) is 0 Å². The number of aromatic nitrogens is 4. The van der Waals surface area contributed by atoms with Crippen LogP contribution in [-0.2, 0) is 13.1 Å². The normalized spacial score (nSPS) is 12.9. The van der Waals surface area contributed by atoms with Gasteiger partial charge in [0.1, 0.15) is 0 Å². The topological polar surface area (TPSA) is 47.7 Å². The van der Waals surface area contributed by atoms with E-state index in [1.807, 2.05) is 29.3 Å². The van der Waals surface area contributed by atoms with E-state index in [0.717, 1.165) is 25.2 Å². The lowest BCUT2D eigenvalue weighted by Gasteiger charge is -2.20. The molecule has 3 aromatic rings. The molecule has 0 aliphatic heterocycles. The minimum Gasteiger partial charge on any atom is -0.329 e. The van der Waals surface area contributed by atoms with E-state index in [4.69, 9.17) is 0 Å². The van der Waals surface area contributed by atoms with Gasteiger partial charge in [0, 0.05) is 19.3 Å². The molecule has 0 radical (unpaired) electrons. The van der Waals surface area contributed by atoms with Gasteiger partial charge in [-0.05, 0) is 31.7 Å². The summed E-state index contributed by atoms with van der Waals surface area (Å²) >= 11 is 0. The molecule has 0 aliphatic rings. The summed E-state index contributed by atoms with van der Waals surface area (Å²) in [5.41, 5.74) is 3.43. The Bertz CT molecular complexity index is 712. The van der Waals surface area contributed by atoms with Crippen LogP contribution in [-0.4, -0.2) is 25.9 Å². The largest absolute Gasteiger partial charge is 0.329 e. The molecule has 2 aromatic heterocycles. The summed E-state index contributed by atoms with van der Waals surface area (Å²) < 4.78 is 4.25. The third-order valence-electron chi connectivity index (χ3n) is 3.76. The average Bonchev–Trinajstić information content (AvgIpc) is 3.13. The van der Waals surface area contributed by atoms with Crippen LogP contribution in [0.1, 0.15) is 25.6 Å². The lowest BCUT2D eigenvalue weighted by atomic mass is 10.2. The van der Waals surface area contributed by atoms with Gasteiger partial charge in [0.2, 0.25) is 0 Å². The van der Waals surface area contributed by atoms with E-state index in [-0.39, 0.29) is 6.04 Å². The first-order valence-corrected chi connectivity index (χ1v) is 7.48. The molecule has 0 bridgehead atoms. The maximum atomic E-state index is 4.47. The van der Waals surface area contributed by atoms with Gasteiger partial charge in [-0.1, -0.05) is 19.1 Å². The highest BCUT2D eigenvalue weighted by molar-refractivity contribution is 5.74. The van der Waals surface area contributed by atoms with Crippen LogP contribution in [0.2, 0.25) is 0 Å². The zero-order chi connectivity index (χ0) is 14.7. The van der Waals surface area contributed by atoms with Crippen molar-refractivity contribution in [3.63, 3.8) is 0 Å². The van der Waals surface area contributed by atoms with Crippen molar-refractivity contribution < 1.29 is 0 Å². The Morgan fingerprint density at radius 2 is 2.05 bits per heavy atom. The number of para-hydroxylation sites is 2. The number of rotatable bonds is 6. The Labute approximate surface area is 124 Å². The number of fused-ring (bicyclic) bond motifs is 1. The molecule has 1 unspecified atom stereocenters. The summed E-state index contributed by atoms with van der Waals surface area (Å²) in [5.74, 6) is 0. The van der Waals surface area contributed by atoms with Gasteiger partial charge in [-0.2, -0.15) is 5.10 Å². The summed E-state index contributed by atoms with van der Waals surface area (Å²) in [5, 5.41) is 7.93. The van der Waals surface area contributed by atoms with E-state index in [1.54, 1.807) is 0 Å². The monoisotopic (exact) mass is 283 g/mol. The first-order chi connectivity index (χ1) is 10.3. The molecule has 5 heteroatoms. The molecule has 0 spiro atoms. The van der Waals surface area contributed by atoms with E-state index in [1.165, 1.54) is 11.2 Å². The fourth-order valence-corrected chi connectivity index (χ4v) is 2.76. The van der Waals surface area contributed by atoms with Gasteiger partial charge in [0.15, 0.2) is 0 Å². The first-order valence-electron chi connectivity index (χ1n) is 7.48. The fraction of sp³-hybridized carbons (Fsp3) is 0.375. The highest BCUT2D eigenvalue weighted by atomic mass is 15.3. The molecule has 2 heterocycles. The zero-order valence-electron chi connectivity index (χ0n) is 12.5. The Morgan fingerprint density at radius 3 is 2.86 bits per heavy atom. The van der Waals surface area contributed by atoms with Crippen LogP contribution in [0.5, 0.6) is 0 Å². The van der Waals surface area contributed by atoms with Crippen LogP contribution in [0.3, 0.4) is 0 Å². The Morgan fingerprint density at radius 1 is 1.19 bits per heavy atom. The van der Waals surface area contributed by atoms with Crippen LogP contribution in [0.15, 0.2) is 42.9 Å². The van der Waals surface area contributed by atoms with E-state index in [9.17, 15) is 0 Å². The summed E-state index contributed by atoms with van der Waals surface area (Å²) in [6.45, 7) is 6.90. The van der Waals surface area contributed by atoms with Gasteiger partial charge in [-0.3, -0.25) is 4.68 Å². The maximum Gasteiger partial charge on any atom is 0.0958 e. The number of likely N-dealkylation sites (N-methyl/N-ethyl adjacent to an activating group) is 1. The second-order valence-corrected chi connectivity index (χ2v) is 5.07. The standard InChI is InChI=1S/C16H21N5/c1-3-17-14(16-9-10-19-21(16)4-2)11-20-12-18-13-7-5-6-8-15(13)20/h5-10,12,14,17H,3-4,11H2,1-2H3. The molecule has 0 aliphatic carbocycles. The molecule has 0 saturated carbocycles. The molecular formula is C16H21N5. The number of nitrogens with zero attached hydrogens (tertiary/aromatic N) is 4. The van der Waals surface area contributed by atoms with Crippen molar-refractivity contribution in [2.24, 2.45) is 0 Å². The molecule has 3 rings (SSSR count). The Balaban J connectivity index is 1.92. The van der Waals surface area contributed by atoms with Crippen molar-refractivity contribution >= 4 is 11.0 Å². The number of benzene rings is 1. The highest BCUT2D eigenvalue weighted by Crippen LogP contribution is 2.19. The minimum absolute atomic E-state index is 0.232. The molecule has 1 atom stereocenters. The molecule has 0 fully saturated rings. The van der Waals surface area contributed by atoms with Crippen molar-refractivity contribution in [2.45, 2.75) is 33.0 Å². The molecule has 110 valence electrons. The van der Waals surface area contributed by atoms with Crippen LogP contribution >= 0.6 is 0 Å². The van der Waals surface area contributed by atoms with Crippen LogP contribution < -0.4 is 5.32 Å². The Kier molecular flexibility index (Phi) is 4.01. The van der Waals surface area contributed by atoms with Gasteiger partial charge >= 0.3 is 0 Å². The molecule has 1 aromatic carbocycles. The number of imidazole rings is 1. The van der Waals surface area contributed by atoms with Gasteiger partial charge in [0.05, 0.1) is 29.1 Å². The fourth-order valence-electron chi connectivity index (χ4n) is 2.76. The van der Waals surface area contributed by atoms with Crippen molar-refractivity contribution in [3.8, 4) is 0 Å². The lowest BCUT2D eigenvalue weighted by molar-refractivity contribution is 0.442. The summed E-state index contributed by atoms with van der Waals surface area (Å²) in [7, 11) is 0. The third-order valence-corrected chi connectivity index (χ3v) is 3.76. The van der Waals surface area contributed by atoms with Gasteiger partial charge in [0.25, 0.3) is 0 Å². The van der Waals surface area contributed by atoms with E-state index in [0.29, 0.717) is 0 Å². The molecular weight excluding hydrogens is 262 g/mol. The SMILES string of the molecule is CCNC(Cn1cnc2ccccc21)c1ccnn1CC. The summed E-state index contributed by atoms with van der Waals surface area (Å²) in [6, 6.07) is 10.6. The van der Waals surface area contributed by atoms with Crippen molar-refractivity contribution in [2.75, 3.05) is 6.54 Å². The van der Waals surface area contributed by atoms with E-state index < -0.39 is 0 Å². The summed E-state index contributed by atoms with van der Waals surface area (Å²) in [4.78, 5) is 4.47. The van der Waals surface area contributed by atoms with Crippen molar-refractivity contribution in [3.05, 3.63) is 48.5 Å². The predicted octanol–water partition coefficient (Wildman–Crippen LogP) is 2.60. The second kappa shape index (κ2) is 6.10. The highest BCUT2D eigenvalue weighted by Gasteiger charge is 2.16. The molecule has 0 amide bonds. The zero-order valence-corrected chi connectivity index (χ0v) is 12.5. The predicted molar refractivity (Wildman–Crippen MR) is 84.1 cm³/mol. The van der Waals surface area contributed by atoms with Gasteiger partial charge < -0.3 is 9.88 Å². The minimum atomic E-state index is 0.232. The van der Waals surface area contributed by atoms with Crippen LogP contribution in [0.4, 0.5) is 0 Å². The smallest absolute Gasteiger partial charge is 0.0958 e.